The molecular weight excluding hydrogens is 544 g/mol. The second-order valence-corrected chi connectivity index (χ2v) is 8.90. The summed E-state index contributed by atoms with van der Waals surface area (Å²) in [6.07, 6.45) is -7.32. The number of aliphatic carboxylic acids is 2. The Morgan fingerprint density at radius 2 is 1.64 bits per heavy atom. The van der Waals surface area contributed by atoms with E-state index in [9.17, 15) is 31.1 Å². The number of carboxylic acid groups (broad SMARTS) is 2. The normalized spacial score (nSPS) is 21.1. The van der Waals surface area contributed by atoms with E-state index in [0.717, 1.165) is 38.3 Å². The number of halogens is 6. The third-order valence-corrected chi connectivity index (χ3v) is 5.93. The van der Waals surface area contributed by atoms with Gasteiger partial charge in [-0.15, -0.1) is 0 Å². The molecule has 10 nitrogen and oxygen atoms in total. The van der Waals surface area contributed by atoms with E-state index in [-0.39, 0.29) is 17.9 Å². The van der Waals surface area contributed by atoms with Gasteiger partial charge in [0.2, 0.25) is 5.91 Å². The van der Waals surface area contributed by atoms with Gasteiger partial charge in [-0.2, -0.15) is 26.3 Å². The van der Waals surface area contributed by atoms with Gasteiger partial charge in [0.25, 0.3) is 0 Å². The zero-order chi connectivity index (χ0) is 29.9. The molecule has 39 heavy (non-hydrogen) atoms. The molecule has 222 valence electrons. The summed E-state index contributed by atoms with van der Waals surface area (Å²) in [6.45, 7) is 7.66. The number of aromatic nitrogens is 1. The predicted molar refractivity (Wildman–Crippen MR) is 122 cm³/mol. The summed E-state index contributed by atoms with van der Waals surface area (Å²) in [5, 5.41) is 14.2. The number of carbonyl (C=O) groups excluding carboxylic acids is 1. The first-order chi connectivity index (χ1) is 18.0. The number of alkyl halides is 6. The number of ether oxygens (including phenoxy) is 2. The maximum atomic E-state index is 12.3. The van der Waals surface area contributed by atoms with Gasteiger partial charge in [-0.05, 0) is 32.5 Å². The standard InChI is InChI=1S/C19H29N3O3.2C2HF3O2/c1-3-24-13-18(23)22-9-7-19(15-22)14-21(2)10-16(19)11-25-12-17-6-4-5-8-20-17;2*3-2(4,5)1(6)7/h4-6,8,16H,3,7,9-15H2,1-2H3;2*(H,6,7)/t16-,19-;;/m1../s1. The van der Waals surface area contributed by atoms with E-state index >= 15 is 0 Å². The van der Waals surface area contributed by atoms with Crippen LogP contribution < -0.4 is 0 Å². The molecule has 3 rings (SSSR count). The van der Waals surface area contributed by atoms with Gasteiger partial charge < -0.3 is 29.5 Å². The Balaban J connectivity index is 0.000000449. The van der Waals surface area contributed by atoms with Crippen LogP contribution in [0.5, 0.6) is 0 Å². The molecule has 1 aromatic rings. The Kier molecular flexibility index (Phi) is 13.1. The van der Waals surface area contributed by atoms with Crippen LogP contribution in [0.15, 0.2) is 24.4 Å². The van der Waals surface area contributed by atoms with Crippen molar-refractivity contribution in [3.8, 4) is 0 Å². The van der Waals surface area contributed by atoms with Crippen molar-refractivity contribution in [1.29, 1.82) is 0 Å². The van der Waals surface area contributed by atoms with Crippen molar-refractivity contribution in [3.05, 3.63) is 30.1 Å². The van der Waals surface area contributed by atoms with E-state index in [1.54, 1.807) is 6.20 Å². The smallest absolute Gasteiger partial charge is 0.475 e. The number of rotatable bonds is 7. The number of hydrogen-bond donors (Lipinski definition) is 2. The number of amides is 1. The summed E-state index contributed by atoms with van der Waals surface area (Å²) in [7, 11) is 2.16. The molecule has 2 saturated heterocycles. The first-order valence-corrected chi connectivity index (χ1v) is 11.6. The fraction of sp³-hybridized carbons (Fsp3) is 0.652. The van der Waals surface area contributed by atoms with Gasteiger partial charge in [0.1, 0.15) is 6.61 Å². The molecule has 1 spiro atoms. The molecule has 1 amide bonds. The minimum atomic E-state index is -5.08. The van der Waals surface area contributed by atoms with Crippen molar-refractivity contribution in [1.82, 2.24) is 14.8 Å². The number of likely N-dealkylation sites (tertiary alicyclic amines) is 2. The zero-order valence-corrected chi connectivity index (χ0v) is 21.3. The number of pyridine rings is 1. The summed E-state index contributed by atoms with van der Waals surface area (Å²) in [5.41, 5.74) is 1.11. The highest BCUT2D eigenvalue weighted by Gasteiger charge is 2.50. The molecular formula is C23H31F6N3O7. The summed E-state index contributed by atoms with van der Waals surface area (Å²) in [4.78, 5) is 38.7. The van der Waals surface area contributed by atoms with E-state index in [1.807, 2.05) is 30.0 Å². The summed E-state index contributed by atoms with van der Waals surface area (Å²) in [6, 6.07) is 5.88. The monoisotopic (exact) mass is 575 g/mol. The molecule has 16 heteroatoms. The van der Waals surface area contributed by atoms with Crippen LogP contribution in [0.25, 0.3) is 0 Å². The maximum Gasteiger partial charge on any atom is 0.490 e. The lowest BCUT2D eigenvalue weighted by molar-refractivity contribution is -0.193. The minimum Gasteiger partial charge on any atom is -0.475 e. The predicted octanol–water partition coefficient (Wildman–Crippen LogP) is 2.68. The van der Waals surface area contributed by atoms with Gasteiger partial charge in [0, 0.05) is 50.3 Å². The average Bonchev–Trinajstić information content (AvgIpc) is 3.40. The highest BCUT2D eigenvalue weighted by Crippen LogP contribution is 2.43. The summed E-state index contributed by atoms with van der Waals surface area (Å²) < 4.78 is 74.7. The topological polar surface area (TPSA) is 130 Å². The molecule has 0 unspecified atom stereocenters. The fourth-order valence-electron chi connectivity index (χ4n) is 4.17. The molecule has 1 aromatic heterocycles. The van der Waals surface area contributed by atoms with E-state index in [2.05, 4.69) is 16.9 Å². The Labute approximate surface area is 220 Å². The van der Waals surface area contributed by atoms with Gasteiger partial charge in [0.05, 0.1) is 18.9 Å². The molecule has 2 aliphatic rings. The molecule has 0 radical (unpaired) electrons. The van der Waals surface area contributed by atoms with Crippen LogP contribution in [0.4, 0.5) is 26.3 Å². The quantitative estimate of drug-likeness (QED) is 0.472. The van der Waals surface area contributed by atoms with E-state index in [4.69, 9.17) is 29.3 Å². The highest BCUT2D eigenvalue weighted by molar-refractivity contribution is 5.77. The van der Waals surface area contributed by atoms with E-state index in [1.165, 1.54) is 0 Å². The third-order valence-electron chi connectivity index (χ3n) is 5.93. The van der Waals surface area contributed by atoms with Crippen LogP contribution in [0.3, 0.4) is 0 Å². The molecule has 2 atom stereocenters. The number of carboxylic acids is 2. The molecule has 2 aliphatic heterocycles. The first kappa shape index (κ1) is 34.0. The van der Waals surface area contributed by atoms with Gasteiger partial charge >= 0.3 is 24.3 Å². The van der Waals surface area contributed by atoms with Gasteiger partial charge in [-0.3, -0.25) is 9.78 Å². The van der Waals surface area contributed by atoms with Crippen molar-refractivity contribution in [2.45, 2.75) is 32.3 Å². The van der Waals surface area contributed by atoms with E-state index < -0.39 is 24.3 Å². The van der Waals surface area contributed by atoms with Gasteiger partial charge in [-0.1, -0.05) is 6.07 Å². The van der Waals surface area contributed by atoms with Crippen LogP contribution in [-0.2, 0) is 30.5 Å². The average molecular weight is 576 g/mol. The molecule has 2 N–H and O–H groups in total. The molecule has 0 aliphatic carbocycles. The second kappa shape index (κ2) is 15.0. The van der Waals surface area contributed by atoms with Crippen molar-refractivity contribution < 1.29 is 60.4 Å². The lowest BCUT2D eigenvalue weighted by atomic mass is 9.77. The minimum absolute atomic E-state index is 0.112. The van der Waals surface area contributed by atoms with E-state index in [0.29, 0.717) is 25.7 Å². The van der Waals surface area contributed by atoms with Crippen molar-refractivity contribution in [3.63, 3.8) is 0 Å². The van der Waals surface area contributed by atoms with Crippen LogP contribution in [-0.4, -0.2) is 108 Å². The number of carbonyl (C=O) groups is 3. The Morgan fingerprint density at radius 3 is 2.13 bits per heavy atom. The lowest BCUT2D eigenvalue weighted by Crippen LogP contribution is -2.39. The molecule has 0 bridgehead atoms. The largest absolute Gasteiger partial charge is 0.490 e. The lowest BCUT2D eigenvalue weighted by Gasteiger charge is -2.30. The first-order valence-electron chi connectivity index (χ1n) is 11.6. The molecule has 3 heterocycles. The van der Waals surface area contributed by atoms with Crippen LogP contribution in [0, 0.1) is 11.3 Å². The maximum absolute atomic E-state index is 12.3. The van der Waals surface area contributed by atoms with Crippen LogP contribution in [0.1, 0.15) is 19.0 Å². The van der Waals surface area contributed by atoms with Gasteiger partial charge in [0.15, 0.2) is 0 Å². The molecule has 0 aromatic carbocycles. The highest BCUT2D eigenvalue weighted by atomic mass is 19.4. The number of nitrogens with zero attached hydrogens (tertiary/aromatic N) is 3. The molecule has 0 saturated carbocycles. The zero-order valence-electron chi connectivity index (χ0n) is 21.3. The second-order valence-electron chi connectivity index (χ2n) is 8.90. The van der Waals surface area contributed by atoms with Crippen molar-refractivity contribution in [2.24, 2.45) is 11.3 Å². The molecule has 2 fully saturated rings. The van der Waals surface area contributed by atoms with Crippen molar-refractivity contribution >= 4 is 17.8 Å². The third kappa shape index (κ3) is 11.7. The fourth-order valence-corrected chi connectivity index (χ4v) is 4.17. The Morgan fingerprint density at radius 1 is 1.05 bits per heavy atom. The van der Waals surface area contributed by atoms with Crippen molar-refractivity contribution in [2.75, 3.05) is 53.0 Å². The Bertz CT molecular complexity index is 909. The van der Waals surface area contributed by atoms with Crippen LogP contribution in [0.2, 0.25) is 0 Å². The number of hydrogen-bond acceptors (Lipinski definition) is 7. The Hall–Kier alpha value is -2.98. The SMILES string of the molecule is CCOCC(=O)N1CC[C@@]2(CN(C)C[C@@H]2COCc2ccccn2)C1.O=C(O)C(F)(F)F.O=C(O)C(F)(F)F. The summed E-state index contributed by atoms with van der Waals surface area (Å²) in [5.74, 6) is -4.95. The van der Waals surface area contributed by atoms with Gasteiger partial charge in [-0.25, -0.2) is 9.59 Å². The summed E-state index contributed by atoms with van der Waals surface area (Å²) >= 11 is 0. The van der Waals surface area contributed by atoms with Crippen LogP contribution >= 0.6 is 0 Å².